The molecule has 0 heterocycles. The molecule has 0 aromatic rings. The number of unbranched alkanes of at least 4 members (excludes halogenated alkanes) is 1. The van der Waals surface area contributed by atoms with Crippen molar-refractivity contribution in [2.45, 2.75) is 40.5 Å². The summed E-state index contributed by atoms with van der Waals surface area (Å²) < 4.78 is 26.1. The summed E-state index contributed by atoms with van der Waals surface area (Å²) in [6.07, 6.45) is 1.38. The predicted molar refractivity (Wildman–Crippen MR) is 74.9 cm³/mol. The summed E-state index contributed by atoms with van der Waals surface area (Å²) in [5, 5.41) is 0. The normalized spacial score (nSPS) is 12.9. The lowest BCUT2D eigenvalue weighted by atomic mass is 9.86. The van der Waals surface area contributed by atoms with Gasteiger partial charge >= 0.3 is 0 Å². The number of hydrogen-bond acceptors (Lipinski definition) is 2. The lowest BCUT2D eigenvalue weighted by Crippen LogP contribution is -2.35. The first kappa shape index (κ1) is 17.2. The second-order valence-electron chi connectivity index (χ2n) is 5.22. The molecule has 104 valence electrons. The van der Waals surface area contributed by atoms with E-state index in [0.717, 1.165) is 6.42 Å². The van der Waals surface area contributed by atoms with Crippen LogP contribution < -0.4 is 4.72 Å². The second kappa shape index (κ2) is 8.33. The largest absolute Gasteiger partial charge is 0.215 e. The fourth-order valence-corrected chi connectivity index (χ4v) is 3.29. The molecule has 17 heavy (non-hydrogen) atoms. The van der Waals surface area contributed by atoms with Gasteiger partial charge in [0, 0.05) is 12.4 Å². The zero-order valence-corrected chi connectivity index (χ0v) is 12.9. The summed E-state index contributed by atoms with van der Waals surface area (Å²) >= 11 is 5.53. The maximum atomic E-state index is 11.7. The Morgan fingerprint density at radius 3 is 2.00 bits per heavy atom. The van der Waals surface area contributed by atoms with Crippen LogP contribution >= 0.6 is 11.6 Å². The molecule has 0 radical (unpaired) electrons. The minimum absolute atomic E-state index is 0.183. The monoisotopic (exact) mass is 283 g/mol. The van der Waals surface area contributed by atoms with Gasteiger partial charge in [0.25, 0.3) is 0 Å². The molecular formula is C12H26ClNO2S. The van der Waals surface area contributed by atoms with Crippen molar-refractivity contribution < 1.29 is 8.42 Å². The molecule has 0 saturated carbocycles. The third-order valence-electron chi connectivity index (χ3n) is 3.05. The van der Waals surface area contributed by atoms with E-state index in [9.17, 15) is 8.42 Å². The Balaban J connectivity index is 4.15. The van der Waals surface area contributed by atoms with E-state index >= 15 is 0 Å². The van der Waals surface area contributed by atoms with Crippen molar-refractivity contribution in [3.63, 3.8) is 0 Å². The van der Waals surface area contributed by atoms with Gasteiger partial charge in [-0.2, -0.15) is 0 Å². The van der Waals surface area contributed by atoms with Crippen molar-refractivity contribution in [3.8, 4) is 0 Å². The fourth-order valence-electron chi connectivity index (χ4n) is 1.92. The molecule has 1 N–H and O–H groups in total. The van der Waals surface area contributed by atoms with Crippen molar-refractivity contribution in [2.75, 3.05) is 18.2 Å². The topological polar surface area (TPSA) is 46.2 Å². The number of sulfonamides is 1. The maximum absolute atomic E-state index is 11.7. The summed E-state index contributed by atoms with van der Waals surface area (Å²) in [6.45, 7) is 9.07. The Morgan fingerprint density at radius 2 is 1.59 bits per heavy atom. The minimum atomic E-state index is -3.12. The third-order valence-corrected chi connectivity index (χ3v) is 4.75. The molecule has 0 atom stereocenters. The molecule has 0 unspecified atom stereocenters. The van der Waals surface area contributed by atoms with E-state index in [1.807, 2.05) is 0 Å². The number of hydrogen-bond donors (Lipinski definition) is 1. The van der Waals surface area contributed by atoms with Gasteiger partial charge in [-0.05, 0) is 30.6 Å². The molecule has 0 aliphatic heterocycles. The van der Waals surface area contributed by atoms with Crippen molar-refractivity contribution in [2.24, 2.45) is 17.8 Å². The van der Waals surface area contributed by atoms with E-state index < -0.39 is 10.0 Å². The van der Waals surface area contributed by atoms with Crippen LogP contribution in [0.3, 0.4) is 0 Å². The Kier molecular flexibility index (Phi) is 8.43. The van der Waals surface area contributed by atoms with Gasteiger partial charge in [0.05, 0.1) is 5.75 Å². The van der Waals surface area contributed by atoms with Gasteiger partial charge in [0.2, 0.25) is 10.0 Å². The minimum Gasteiger partial charge on any atom is -0.215 e. The molecule has 0 bridgehead atoms. The highest BCUT2D eigenvalue weighted by Crippen LogP contribution is 2.19. The first-order valence-corrected chi connectivity index (χ1v) is 8.52. The molecule has 0 rings (SSSR count). The van der Waals surface area contributed by atoms with E-state index in [0.29, 0.717) is 36.6 Å². The summed E-state index contributed by atoms with van der Waals surface area (Å²) in [5.41, 5.74) is 0. The van der Waals surface area contributed by atoms with E-state index in [-0.39, 0.29) is 5.75 Å². The molecule has 0 amide bonds. The Labute approximate surface area is 111 Å². The van der Waals surface area contributed by atoms with E-state index in [4.69, 9.17) is 11.6 Å². The van der Waals surface area contributed by atoms with Gasteiger partial charge in [0.15, 0.2) is 0 Å². The van der Waals surface area contributed by atoms with Crippen molar-refractivity contribution in [1.29, 1.82) is 0 Å². The van der Waals surface area contributed by atoms with E-state index in [1.165, 1.54) is 0 Å². The summed E-state index contributed by atoms with van der Waals surface area (Å²) in [4.78, 5) is 0. The highest BCUT2D eigenvalue weighted by molar-refractivity contribution is 7.89. The molecule has 5 heteroatoms. The molecular weight excluding hydrogens is 258 g/mol. The summed E-state index contributed by atoms with van der Waals surface area (Å²) in [7, 11) is -3.12. The van der Waals surface area contributed by atoms with E-state index in [2.05, 4.69) is 32.4 Å². The SMILES string of the molecule is CC(C)C(CNS(=O)(=O)CCCCCl)C(C)C. The van der Waals surface area contributed by atoms with Crippen LogP contribution in [0.5, 0.6) is 0 Å². The lowest BCUT2D eigenvalue weighted by Gasteiger charge is -2.24. The van der Waals surface area contributed by atoms with Crippen LogP contribution in [-0.2, 0) is 10.0 Å². The molecule has 0 aliphatic rings. The Hall–Kier alpha value is 0.200. The zero-order valence-electron chi connectivity index (χ0n) is 11.4. The number of nitrogens with one attached hydrogen (secondary N) is 1. The van der Waals surface area contributed by atoms with Gasteiger partial charge < -0.3 is 0 Å². The molecule has 0 saturated heterocycles. The Bertz CT molecular complexity index is 281. The van der Waals surface area contributed by atoms with Crippen LogP contribution in [0.2, 0.25) is 0 Å². The highest BCUT2D eigenvalue weighted by Gasteiger charge is 2.20. The average Bonchev–Trinajstić information content (AvgIpc) is 2.16. The van der Waals surface area contributed by atoms with Crippen molar-refractivity contribution in [3.05, 3.63) is 0 Å². The van der Waals surface area contributed by atoms with Crippen LogP contribution in [0.25, 0.3) is 0 Å². The van der Waals surface area contributed by atoms with Gasteiger partial charge in [-0.25, -0.2) is 13.1 Å². The van der Waals surface area contributed by atoms with Gasteiger partial charge in [-0.3, -0.25) is 0 Å². The van der Waals surface area contributed by atoms with Crippen LogP contribution in [0, 0.1) is 17.8 Å². The second-order valence-corrected chi connectivity index (χ2v) is 7.52. The number of rotatable bonds is 9. The first-order valence-electron chi connectivity index (χ1n) is 6.33. The van der Waals surface area contributed by atoms with Crippen LogP contribution in [0.1, 0.15) is 40.5 Å². The Morgan fingerprint density at radius 1 is 1.06 bits per heavy atom. The molecule has 0 aromatic carbocycles. The molecule has 0 aromatic heterocycles. The summed E-state index contributed by atoms with van der Waals surface area (Å²) in [5.74, 6) is 2.07. The predicted octanol–water partition coefficient (Wildman–Crippen LogP) is 2.85. The molecule has 0 aliphatic carbocycles. The quantitative estimate of drug-likeness (QED) is 0.522. The van der Waals surface area contributed by atoms with E-state index in [1.54, 1.807) is 0 Å². The lowest BCUT2D eigenvalue weighted by molar-refractivity contribution is 0.289. The standard InChI is InChI=1S/C12H26ClNO2S/c1-10(2)12(11(3)4)9-14-17(15,16)8-6-5-7-13/h10-12,14H,5-9H2,1-4H3. The van der Waals surface area contributed by atoms with Crippen molar-refractivity contribution >= 4 is 21.6 Å². The molecule has 0 spiro atoms. The van der Waals surface area contributed by atoms with Crippen LogP contribution in [0.4, 0.5) is 0 Å². The van der Waals surface area contributed by atoms with Crippen LogP contribution in [0.15, 0.2) is 0 Å². The van der Waals surface area contributed by atoms with Gasteiger partial charge in [-0.15, -0.1) is 11.6 Å². The fraction of sp³-hybridized carbons (Fsp3) is 1.00. The highest BCUT2D eigenvalue weighted by atomic mass is 35.5. The molecule has 3 nitrogen and oxygen atoms in total. The number of alkyl halides is 1. The first-order chi connectivity index (χ1) is 7.80. The smallest absolute Gasteiger partial charge is 0.211 e. The van der Waals surface area contributed by atoms with Gasteiger partial charge in [-0.1, -0.05) is 27.7 Å². The summed E-state index contributed by atoms with van der Waals surface area (Å²) in [6, 6.07) is 0. The van der Waals surface area contributed by atoms with Crippen LogP contribution in [-0.4, -0.2) is 26.6 Å². The zero-order chi connectivity index (χ0) is 13.5. The third kappa shape index (κ3) is 8.01. The average molecular weight is 284 g/mol. The van der Waals surface area contributed by atoms with Gasteiger partial charge in [0.1, 0.15) is 0 Å². The number of halogens is 1. The van der Waals surface area contributed by atoms with Crippen molar-refractivity contribution in [1.82, 2.24) is 4.72 Å². The maximum Gasteiger partial charge on any atom is 0.211 e. The molecule has 0 fully saturated rings.